The molecule has 0 saturated heterocycles. The molecule has 124 valence electrons. The molecule has 0 saturated carbocycles. The summed E-state index contributed by atoms with van der Waals surface area (Å²) >= 11 is 0. The second-order valence-electron chi connectivity index (χ2n) is 5.63. The van der Waals surface area contributed by atoms with Crippen LogP contribution in [-0.4, -0.2) is 15.5 Å². The summed E-state index contributed by atoms with van der Waals surface area (Å²) < 4.78 is 33.0. The molecule has 0 amide bonds. The normalized spacial score (nSPS) is 11.6. The van der Waals surface area contributed by atoms with E-state index in [4.69, 9.17) is 4.74 Å². The lowest BCUT2D eigenvalue weighted by atomic mass is 10.1. The molecule has 4 nitrogen and oxygen atoms in total. The number of ether oxygens (including phenoxy) is 1. The van der Waals surface area contributed by atoms with Crippen molar-refractivity contribution in [2.24, 2.45) is 0 Å². The molecule has 3 aromatic carbocycles. The monoisotopic (exact) mass is 341 g/mol. The zero-order valence-electron chi connectivity index (χ0n) is 13.6. The highest BCUT2D eigenvalue weighted by Gasteiger charge is 2.14. The van der Waals surface area contributed by atoms with Crippen LogP contribution in [0.5, 0.6) is 5.75 Å². The van der Waals surface area contributed by atoms with Crippen LogP contribution >= 0.6 is 0 Å². The van der Waals surface area contributed by atoms with E-state index in [9.17, 15) is 8.42 Å². The van der Waals surface area contributed by atoms with Crippen molar-refractivity contribution in [2.45, 2.75) is 18.4 Å². The maximum absolute atomic E-state index is 12.5. The van der Waals surface area contributed by atoms with Gasteiger partial charge in [0.15, 0.2) is 0 Å². The van der Waals surface area contributed by atoms with Crippen molar-refractivity contribution < 1.29 is 13.2 Å². The first-order chi connectivity index (χ1) is 11.5. The molecule has 0 fully saturated rings. The summed E-state index contributed by atoms with van der Waals surface area (Å²) in [6, 6.07) is 18.4. The molecule has 0 radical (unpaired) electrons. The lowest BCUT2D eigenvalue weighted by molar-refractivity contribution is 0.415. The fraction of sp³-hybridized carbons (Fsp3) is 0.158. The summed E-state index contributed by atoms with van der Waals surface area (Å²) in [6.45, 7) is 2.24. The number of hydrogen-bond donors (Lipinski definition) is 1. The smallest absolute Gasteiger partial charge is 0.240 e. The molecule has 0 aromatic heterocycles. The number of rotatable bonds is 5. The minimum Gasteiger partial charge on any atom is -0.497 e. The number of sulfonamides is 1. The van der Waals surface area contributed by atoms with Crippen LogP contribution in [0.25, 0.3) is 10.8 Å². The van der Waals surface area contributed by atoms with Crippen LogP contribution in [0.3, 0.4) is 0 Å². The number of fused-ring (bicyclic) bond motifs is 1. The van der Waals surface area contributed by atoms with Gasteiger partial charge in [0.05, 0.1) is 12.0 Å². The summed E-state index contributed by atoms with van der Waals surface area (Å²) in [5.41, 5.74) is 2.03. The fourth-order valence-corrected chi connectivity index (χ4v) is 3.60. The molecule has 3 aromatic rings. The van der Waals surface area contributed by atoms with Crippen LogP contribution in [0.15, 0.2) is 65.6 Å². The summed E-state index contributed by atoms with van der Waals surface area (Å²) in [6.07, 6.45) is 0. The van der Waals surface area contributed by atoms with Gasteiger partial charge in [0.2, 0.25) is 10.0 Å². The molecular weight excluding hydrogens is 322 g/mol. The average molecular weight is 341 g/mol. The molecule has 0 aliphatic heterocycles. The van der Waals surface area contributed by atoms with Crippen molar-refractivity contribution in [3.63, 3.8) is 0 Å². The van der Waals surface area contributed by atoms with Gasteiger partial charge in [0, 0.05) is 6.54 Å². The Morgan fingerprint density at radius 3 is 2.42 bits per heavy atom. The van der Waals surface area contributed by atoms with E-state index in [-0.39, 0.29) is 11.4 Å². The summed E-state index contributed by atoms with van der Waals surface area (Å²) in [5, 5.41) is 1.79. The van der Waals surface area contributed by atoms with Crippen molar-refractivity contribution in [1.82, 2.24) is 4.72 Å². The first-order valence-electron chi connectivity index (χ1n) is 7.61. The zero-order valence-corrected chi connectivity index (χ0v) is 14.4. The largest absolute Gasteiger partial charge is 0.497 e. The van der Waals surface area contributed by atoms with Crippen LogP contribution in [0.4, 0.5) is 0 Å². The van der Waals surface area contributed by atoms with Gasteiger partial charge in [0.25, 0.3) is 0 Å². The van der Waals surface area contributed by atoms with Gasteiger partial charge in [-0.25, -0.2) is 13.1 Å². The number of aryl methyl sites for hydroxylation is 1. The Balaban J connectivity index is 1.86. The molecule has 3 rings (SSSR count). The predicted octanol–water partition coefficient (Wildman–Crippen LogP) is 3.64. The molecule has 0 heterocycles. The van der Waals surface area contributed by atoms with Crippen molar-refractivity contribution in [3.05, 3.63) is 71.8 Å². The number of nitrogens with one attached hydrogen (secondary N) is 1. The van der Waals surface area contributed by atoms with Gasteiger partial charge in [-0.2, -0.15) is 0 Å². The second kappa shape index (κ2) is 6.63. The van der Waals surface area contributed by atoms with E-state index in [2.05, 4.69) is 4.72 Å². The topological polar surface area (TPSA) is 55.4 Å². The maximum atomic E-state index is 12.5. The lowest BCUT2D eigenvalue weighted by Crippen LogP contribution is -2.23. The third-order valence-electron chi connectivity index (χ3n) is 4.04. The summed E-state index contributed by atoms with van der Waals surface area (Å²) in [5.74, 6) is 0.746. The minimum absolute atomic E-state index is 0.258. The van der Waals surface area contributed by atoms with Crippen LogP contribution in [0.2, 0.25) is 0 Å². The molecule has 0 atom stereocenters. The second-order valence-corrected chi connectivity index (χ2v) is 7.39. The molecule has 0 bridgehead atoms. The molecule has 0 spiro atoms. The highest BCUT2D eigenvalue weighted by atomic mass is 32.2. The molecule has 0 unspecified atom stereocenters. The van der Waals surface area contributed by atoms with E-state index in [0.29, 0.717) is 0 Å². The Morgan fingerprint density at radius 1 is 0.958 bits per heavy atom. The van der Waals surface area contributed by atoms with Gasteiger partial charge < -0.3 is 4.74 Å². The van der Waals surface area contributed by atoms with Gasteiger partial charge in [-0.1, -0.05) is 36.4 Å². The van der Waals surface area contributed by atoms with Gasteiger partial charge >= 0.3 is 0 Å². The Labute approximate surface area is 142 Å². The Bertz CT molecular complexity index is 981. The number of hydrogen-bond acceptors (Lipinski definition) is 3. The van der Waals surface area contributed by atoms with Crippen molar-refractivity contribution >= 4 is 20.8 Å². The Hall–Kier alpha value is -2.37. The van der Waals surface area contributed by atoms with Crippen LogP contribution in [-0.2, 0) is 16.6 Å². The molecule has 0 aliphatic carbocycles. The van der Waals surface area contributed by atoms with Gasteiger partial charge in [-0.3, -0.25) is 0 Å². The van der Waals surface area contributed by atoms with Crippen molar-refractivity contribution in [2.75, 3.05) is 7.11 Å². The van der Waals surface area contributed by atoms with E-state index in [0.717, 1.165) is 27.6 Å². The van der Waals surface area contributed by atoms with E-state index < -0.39 is 10.0 Å². The van der Waals surface area contributed by atoms with Crippen LogP contribution in [0.1, 0.15) is 11.1 Å². The average Bonchev–Trinajstić information content (AvgIpc) is 2.60. The van der Waals surface area contributed by atoms with Crippen molar-refractivity contribution in [1.29, 1.82) is 0 Å². The quantitative estimate of drug-likeness (QED) is 0.771. The summed E-state index contributed by atoms with van der Waals surface area (Å²) in [7, 11) is -1.96. The molecule has 5 heteroatoms. The molecule has 1 N–H and O–H groups in total. The Morgan fingerprint density at radius 2 is 1.67 bits per heavy atom. The molecule has 24 heavy (non-hydrogen) atoms. The summed E-state index contributed by atoms with van der Waals surface area (Å²) in [4.78, 5) is 0.258. The number of benzene rings is 3. The molecule has 0 aliphatic rings. The third-order valence-corrected chi connectivity index (χ3v) is 5.44. The van der Waals surface area contributed by atoms with Gasteiger partial charge in [-0.05, 0) is 53.1 Å². The van der Waals surface area contributed by atoms with Gasteiger partial charge in [0.1, 0.15) is 5.75 Å². The fourth-order valence-electron chi connectivity index (χ4n) is 2.56. The highest BCUT2D eigenvalue weighted by molar-refractivity contribution is 7.89. The SMILES string of the molecule is COc1ccc2cc(S(=O)(=O)NCc3ccccc3C)ccc2c1. The van der Waals surface area contributed by atoms with Crippen LogP contribution < -0.4 is 9.46 Å². The molecular formula is C19H19NO3S. The van der Waals surface area contributed by atoms with E-state index in [1.54, 1.807) is 25.3 Å². The first kappa shape index (κ1) is 16.5. The minimum atomic E-state index is -3.56. The lowest BCUT2D eigenvalue weighted by Gasteiger charge is -2.10. The first-order valence-corrected chi connectivity index (χ1v) is 9.10. The number of methoxy groups -OCH3 is 1. The highest BCUT2D eigenvalue weighted by Crippen LogP contribution is 2.23. The standard InChI is InChI=1S/C19H19NO3S/c1-14-5-3-4-6-17(14)13-20-24(21,22)19-10-8-15-11-18(23-2)9-7-16(15)12-19/h3-12,20H,13H2,1-2H3. The third kappa shape index (κ3) is 3.42. The van der Waals surface area contributed by atoms with E-state index in [1.165, 1.54) is 0 Å². The van der Waals surface area contributed by atoms with Crippen LogP contribution in [0, 0.1) is 6.92 Å². The van der Waals surface area contributed by atoms with Crippen molar-refractivity contribution in [3.8, 4) is 5.75 Å². The van der Waals surface area contributed by atoms with Gasteiger partial charge in [-0.15, -0.1) is 0 Å². The predicted molar refractivity (Wildman–Crippen MR) is 95.7 cm³/mol. The maximum Gasteiger partial charge on any atom is 0.240 e. The van der Waals surface area contributed by atoms with E-state index >= 15 is 0 Å². The Kier molecular flexibility index (Phi) is 4.55. The van der Waals surface area contributed by atoms with E-state index in [1.807, 2.05) is 49.4 Å². The zero-order chi connectivity index (χ0) is 17.2.